The summed E-state index contributed by atoms with van der Waals surface area (Å²) in [6.07, 6.45) is 4.35. The van der Waals surface area contributed by atoms with Crippen molar-refractivity contribution >= 4 is 52.6 Å². The van der Waals surface area contributed by atoms with Gasteiger partial charge in [0.05, 0.1) is 17.4 Å². The zero-order valence-corrected chi connectivity index (χ0v) is 19.5. The van der Waals surface area contributed by atoms with Gasteiger partial charge < -0.3 is 15.5 Å². The summed E-state index contributed by atoms with van der Waals surface area (Å²) >= 11 is 6.52. The molecule has 0 radical (unpaired) electrons. The number of fused-ring (bicyclic) bond motifs is 1. The van der Waals surface area contributed by atoms with Gasteiger partial charge >= 0.3 is 0 Å². The highest BCUT2D eigenvalue weighted by Crippen LogP contribution is 2.39. The number of pyridine rings is 1. The first-order valence-electron chi connectivity index (χ1n) is 10.00. The molecule has 3 N–H and O–H groups in total. The fraction of sp³-hybridized carbons (Fsp3) is 0.0769. The zero-order chi connectivity index (χ0) is 22.8. The molecule has 0 spiro atoms. The largest absolute Gasteiger partial charge is 0.504 e. The Balaban J connectivity index is 0.00000306. The number of anilines is 1. The van der Waals surface area contributed by atoms with Gasteiger partial charge in [-0.15, -0.1) is 12.4 Å². The molecule has 4 aromatic rings. The number of phenolic OH excluding ortho intramolecular Hbond substituents is 2. The van der Waals surface area contributed by atoms with Gasteiger partial charge in [0.15, 0.2) is 11.5 Å². The molecule has 5 nitrogen and oxygen atoms in total. The van der Waals surface area contributed by atoms with Crippen molar-refractivity contribution in [3.8, 4) is 22.6 Å². The van der Waals surface area contributed by atoms with E-state index in [1.165, 1.54) is 18.2 Å². The van der Waals surface area contributed by atoms with Crippen LogP contribution >= 0.6 is 24.0 Å². The lowest BCUT2D eigenvalue weighted by Gasteiger charge is -2.16. The van der Waals surface area contributed by atoms with Gasteiger partial charge in [0.2, 0.25) is 5.91 Å². The van der Waals surface area contributed by atoms with Crippen molar-refractivity contribution in [2.75, 3.05) is 5.32 Å². The van der Waals surface area contributed by atoms with E-state index in [2.05, 4.69) is 16.4 Å². The van der Waals surface area contributed by atoms with E-state index >= 15 is 0 Å². The lowest BCUT2D eigenvalue weighted by molar-refractivity contribution is -0.111. The molecule has 4 rings (SSSR count). The van der Waals surface area contributed by atoms with E-state index in [1.54, 1.807) is 18.3 Å². The molecule has 3 aromatic carbocycles. The lowest BCUT2D eigenvalue weighted by atomic mass is 9.96. The van der Waals surface area contributed by atoms with Gasteiger partial charge in [-0.3, -0.25) is 9.78 Å². The highest BCUT2D eigenvalue weighted by molar-refractivity contribution is 6.34. The molecule has 0 saturated heterocycles. The average molecular weight is 481 g/mol. The number of nitrogens with zero attached hydrogens (tertiary/aromatic N) is 1. The Kier molecular flexibility index (Phi) is 7.26. The number of aryl methyl sites for hydroxylation is 2. The highest BCUT2D eigenvalue weighted by Gasteiger charge is 2.16. The number of rotatable bonds is 4. The summed E-state index contributed by atoms with van der Waals surface area (Å²) in [6, 6.07) is 16.1. The maximum atomic E-state index is 12.7. The number of nitrogens with one attached hydrogen (secondary N) is 1. The lowest BCUT2D eigenvalue weighted by Crippen LogP contribution is -2.10. The van der Waals surface area contributed by atoms with E-state index in [4.69, 9.17) is 11.6 Å². The Morgan fingerprint density at radius 1 is 1.06 bits per heavy atom. The number of carbonyl (C=O) groups is 1. The van der Waals surface area contributed by atoms with E-state index < -0.39 is 5.91 Å². The van der Waals surface area contributed by atoms with E-state index in [9.17, 15) is 15.0 Å². The van der Waals surface area contributed by atoms with Crippen LogP contribution in [0.1, 0.15) is 16.7 Å². The van der Waals surface area contributed by atoms with E-state index in [0.29, 0.717) is 16.3 Å². The summed E-state index contributed by atoms with van der Waals surface area (Å²) in [5.74, 6) is -0.948. The van der Waals surface area contributed by atoms with Gasteiger partial charge in [-0.05, 0) is 43.7 Å². The van der Waals surface area contributed by atoms with Crippen molar-refractivity contribution < 1.29 is 15.0 Å². The van der Waals surface area contributed by atoms with Gasteiger partial charge in [-0.1, -0.05) is 53.6 Å². The first-order valence-corrected chi connectivity index (χ1v) is 10.4. The Morgan fingerprint density at radius 3 is 2.58 bits per heavy atom. The minimum Gasteiger partial charge on any atom is -0.504 e. The summed E-state index contributed by atoms with van der Waals surface area (Å²) in [5, 5.41) is 23.9. The third-order valence-electron chi connectivity index (χ3n) is 5.17. The maximum absolute atomic E-state index is 12.7. The molecule has 168 valence electrons. The summed E-state index contributed by atoms with van der Waals surface area (Å²) in [6.45, 7) is 4.01. The number of hydrogen-bond donors (Lipinski definition) is 3. The Morgan fingerprint density at radius 2 is 1.82 bits per heavy atom. The SMILES string of the molecule is Cc1cc(C)c2ncc(NC(=O)/C=C/c3cccc(O)c3O)c(-c3ccccc3Cl)c2c1.Cl. The molecule has 0 aliphatic heterocycles. The average Bonchev–Trinajstić information content (AvgIpc) is 2.75. The monoisotopic (exact) mass is 480 g/mol. The number of carbonyl (C=O) groups excluding carboxylic acids is 1. The predicted octanol–water partition coefficient (Wildman–Crippen LogP) is 6.66. The molecule has 0 fully saturated rings. The van der Waals surface area contributed by atoms with Crippen molar-refractivity contribution in [1.82, 2.24) is 4.98 Å². The van der Waals surface area contributed by atoms with Crippen LogP contribution in [-0.2, 0) is 4.79 Å². The topological polar surface area (TPSA) is 82.5 Å². The molecule has 0 saturated carbocycles. The van der Waals surface area contributed by atoms with E-state index in [1.807, 2.05) is 44.2 Å². The van der Waals surface area contributed by atoms with Crippen LogP contribution in [-0.4, -0.2) is 21.1 Å². The smallest absolute Gasteiger partial charge is 0.248 e. The van der Waals surface area contributed by atoms with Gasteiger partial charge in [-0.25, -0.2) is 0 Å². The standard InChI is InChI=1S/C26H21ClN2O3.ClH/c1-15-12-16(2)25-19(13-15)24(18-7-3-4-8-20(18)27)21(14-28-25)29-23(31)11-10-17-6-5-9-22(30)26(17)32;/h3-14,30,32H,1-2H3,(H,29,31);1H/b11-10+;. The number of aromatic hydroxyl groups is 2. The van der Waals surface area contributed by atoms with Crippen LogP contribution in [0.3, 0.4) is 0 Å². The molecule has 1 aromatic heterocycles. The summed E-state index contributed by atoms with van der Waals surface area (Å²) in [5.41, 5.74) is 5.37. The Labute approximate surface area is 202 Å². The first-order chi connectivity index (χ1) is 15.3. The Bertz CT molecular complexity index is 1380. The minimum atomic E-state index is -0.411. The summed E-state index contributed by atoms with van der Waals surface area (Å²) < 4.78 is 0. The molecular formula is C26H22Cl2N2O3. The normalized spacial score (nSPS) is 10.9. The molecule has 1 heterocycles. The van der Waals surface area contributed by atoms with Gasteiger partial charge in [0.1, 0.15) is 0 Å². The van der Waals surface area contributed by atoms with Gasteiger partial charge in [0, 0.05) is 33.2 Å². The zero-order valence-electron chi connectivity index (χ0n) is 18.0. The highest BCUT2D eigenvalue weighted by atomic mass is 35.5. The number of phenols is 2. The van der Waals surface area contributed by atoms with E-state index in [-0.39, 0.29) is 23.9 Å². The van der Waals surface area contributed by atoms with Crippen LogP contribution in [0.25, 0.3) is 28.1 Å². The quantitative estimate of drug-likeness (QED) is 0.225. The Hall–Kier alpha value is -3.54. The number of amides is 1. The molecule has 0 aliphatic rings. The summed E-state index contributed by atoms with van der Waals surface area (Å²) in [4.78, 5) is 17.3. The van der Waals surface area contributed by atoms with Crippen molar-refractivity contribution in [3.05, 3.63) is 88.6 Å². The van der Waals surface area contributed by atoms with Crippen molar-refractivity contribution in [2.24, 2.45) is 0 Å². The maximum Gasteiger partial charge on any atom is 0.248 e. The van der Waals surface area contributed by atoms with Crippen molar-refractivity contribution in [2.45, 2.75) is 13.8 Å². The van der Waals surface area contributed by atoms with Crippen LogP contribution in [0, 0.1) is 13.8 Å². The third kappa shape index (κ3) is 4.95. The molecule has 7 heteroatoms. The third-order valence-corrected chi connectivity index (χ3v) is 5.50. The molecule has 0 atom stereocenters. The van der Waals surface area contributed by atoms with Gasteiger partial charge in [-0.2, -0.15) is 0 Å². The fourth-order valence-electron chi connectivity index (χ4n) is 3.73. The van der Waals surface area contributed by atoms with Crippen LogP contribution in [0.4, 0.5) is 5.69 Å². The second-order valence-corrected chi connectivity index (χ2v) is 7.95. The van der Waals surface area contributed by atoms with Crippen LogP contribution in [0.15, 0.2) is 66.9 Å². The number of para-hydroxylation sites is 1. The van der Waals surface area contributed by atoms with Crippen molar-refractivity contribution in [3.63, 3.8) is 0 Å². The predicted molar refractivity (Wildman–Crippen MR) is 136 cm³/mol. The number of hydrogen-bond acceptors (Lipinski definition) is 4. The second kappa shape index (κ2) is 9.94. The molecule has 33 heavy (non-hydrogen) atoms. The molecule has 0 unspecified atom stereocenters. The van der Waals surface area contributed by atoms with Crippen molar-refractivity contribution in [1.29, 1.82) is 0 Å². The minimum absolute atomic E-state index is 0. The number of halogens is 2. The van der Waals surface area contributed by atoms with Crippen LogP contribution < -0.4 is 5.32 Å². The van der Waals surface area contributed by atoms with E-state index in [0.717, 1.165) is 33.2 Å². The van der Waals surface area contributed by atoms with Crippen LogP contribution in [0.2, 0.25) is 5.02 Å². The fourth-order valence-corrected chi connectivity index (χ4v) is 3.96. The molecule has 0 aliphatic carbocycles. The van der Waals surface area contributed by atoms with Crippen LogP contribution in [0.5, 0.6) is 11.5 Å². The van der Waals surface area contributed by atoms with Gasteiger partial charge in [0.25, 0.3) is 0 Å². The number of aromatic nitrogens is 1. The number of benzene rings is 3. The molecular weight excluding hydrogens is 459 g/mol. The summed E-state index contributed by atoms with van der Waals surface area (Å²) in [7, 11) is 0. The molecule has 0 bridgehead atoms. The first kappa shape index (κ1) is 24.1. The molecule has 1 amide bonds. The second-order valence-electron chi connectivity index (χ2n) is 7.54.